The highest BCUT2D eigenvalue weighted by atomic mass is 19.1. The van der Waals surface area contributed by atoms with Gasteiger partial charge in [-0.3, -0.25) is 9.48 Å². The maximum Gasteiger partial charge on any atom is 0.244 e. The Morgan fingerprint density at radius 3 is 2.45 bits per heavy atom. The van der Waals surface area contributed by atoms with Crippen LogP contribution in [0, 0.1) is 12.7 Å². The molecule has 0 radical (unpaired) electrons. The zero-order valence-corrected chi connectivity index (χ0v) is 12.6. The highest BCUT2D eigenvalue weighted by Crippen LogP contribution is 2.17. The van der Waals surface area contributed by atoms with Crippen molar-refractivity contribution in [1.29, 1.82) is 0 Å². The van der Waals surface area contributed by atoms with Crippen molar-refractivity contribution >= 4 is 11.6 Å². The number of rotatable bonds is 3. The van der Waals surface area contributed by atoms with Crippen LogP contribution in [0.25, 0.3) is 0 Å². The molecule has 0 atom stereocenters. The first-order chi connectivity index (χ1) is 10.6. The van der Waals surface area contributed by atoms with Gasteiger partial charge in [0.2, 0.25) is 5.91 Å². The van der Waals surface area contributed by atoms with Crippen LogP contribution in [0.1, 0.15) is 5.56 Å². The third-order valence-corrected chi connectivity index (χ3v) is 3.88. The zero-order chi connectivity index (χ0) is 15.5. The van der Waals surface area contributed by atoms with Gasteiger partial charge in [0.25, 0.3) is 0 Å². The predicted molar refractivity (Wildman–Crippen MR) is 82.2 cm³/mol. The van der Waals surface area contributed by atoms with Gasteiger partial charge in [-0.2, -0.15) is 5.10 Å². The molecule has 6 heteroatoms. The van der Waals surface area contributed by atoms with E-state index in [0.29, 0.717) is 13.1 Å². The van der Waals surface area contributed by atoms with E-state index in [1.54, 1.807) is 23.0 Å². The smallest absolute Gasteiger partial charge is 0.244 e. The molecule has 2 aromatic rings. The average Bonchev–Trinajstić information content (AvgIpc) is 2.93. The lowest BCUT2D eigenvalue weighted by molar-refractivity contribution is -0.132. The zero-order valence-electron chi connectivity index (χ0n) is 12.6. The lowest BCUT2D eigenvalue weighted by Crippen LogP contribution is -2.49. The number of carbonyl (C=O) groups is 1. The molecular formula is C16H19FN4O. The molecule has 3 rings (SSSR count). The van der Waals surface area contributed by atoms with Gasteiger partial charge >= 0.3 is 0 Å². The van der Waals surface area contributed by atoms with Crippen molar-refractivity contribution in [3.8, 4) is 0 Å². The first kappa shape index (κ1) is 14.6. The highest BCUT2D eigenvalue weighted by Gasteiger charge is 2.21. The molecule has 5 nitrogen and oxygen atoms in total. The quantitative estimate of drug-likeness (QED) is 0.866. The molecule has 1 fully saturated rings. The second kappa shape index (κ2) is 6.17. The monoisotopic (exact) mass is 302 g/mol. The van der Waals surface area contributed by atoms with Gasteiger partial charge in [0, 0.05) is 38.1 Å². The number of piperazine rings is 1. The summed E-state index contributed by atoms with van der Waals surface area (Å²) in [6.45, 7) is 5.11. The number of anilines is 1. The third kappa shape index (κ3) is 3.27. The molecule has 0 N–H and O–H groups in total. The summed E-state index contributed by atoms with van der Waals surface area (Å²) in [5, 5.41) is 4.14. The molecule has 1 aromatic heterocycles. The lowest BCUT2D eigenvalue weighted by atomic mass is 10.2. The van der Waals surface area contributed by atoms with Crippen LogP contribution in [0.3, 0.4) is 0 Å². The minimum absolute atomic E-state index is 0.0851. The Kier molecular flexibility index (Phi) is 4.09. The summed E-state index contributed by atoms with van der Waals surface area (Å²) in [5.41, 5.74) is 2.05. The number of hydrogen-bond donors (Lipinski definition) is 0. The van der Waals surface area contributed by atoms with Crippen molar-refractivity contribution in [2.75, 3.05) is 31.1 Å². The maximum absolute atomic E-state index is 13.0. The normalized spacial score (nSPS) is 15.2. The van der Waals surface area contributed by atoms with Crippen LogP contribution in [0.15, 0.2) is 36.7 Å². The van der Waals surface area contributed by atoms with Crippen LogP contribution in [0.4, 0.5) is 10.1 Å². The van der Waals surface area contributed by atoms with Crippen LogP contribution in [-0.4, -0.2) is 46.8 Å². The minimum Gasteiger partial charge on any atom is -0.368 e. The van der Waals surface area contributed by atoms with Gasteiger partial charge in [-0.15, -0.1) is 0 Å². The van der Waals surface area contributed by atoms with E-state index in [1.807, 2.05) is 18.0 Å². The Morgan fingerprint density at radius 2 is 1.86 bits per heavy atom. The van der Waals surface area contributed by atoms with Crippen LogP contribution in [-0.2, 0) is 11.3 Å². The molecule has 1 saturated heterocycles. The van der Waals surface area contributed by atoms with Gasteiger partial charge in [-0.05, 0) is 36.8 Å². The third-order valence-electron chi connectivity index (χ3n) is 3.88. The van der Waals surface area contributed by atoms with E-state index in [9.17, 15) is 9.18 Å². The lowest BCUT2D eigenvalue weighted by Gasteiger charge is -2.36. The summed E-state index contributed by atoms with van der Waals surface area (Å²) in [5.74, 6) is -0.145. The van der Waals surface area contributed by atoms with E-state index in [4.69, 9.17) is 0 Å². The first-order valence-electron chi connectivity index (χ1n) is 7.39. The number of hydrogen-bond acceptors (Lipinski definition) is 3. The van der Waals surface area contributed by atoms with Crippen molar-refractivity contribution in [2.24, 2.45) is 0 Å². The summed E-state index contributed by atoms with van der Waals surface area (Å²) in [7, 11) is 0. The number of benzene rings is 1. The van der Waals surface area contributed by atoms with Crippen molar-refractivity contribution in [3.63, 3.8) is 0 Å². The Labute approximate surface area is 128 Å². The summed E-state index contributed by atoms with van der Waals surface area (Å²) < 4.78 is 14.6. The summed E-state index contributed by atoms with van der Waals surface area (Å²) >= 11 is 0. The summed E-state index contributed by atoms with van der Waals surface area (Å²) in [4.78, 5) is 16.3. The number of aryl methyl sites for hydroxylation is 1. The number of aromatic nitrogens is 2. The Balaban J connectivity index is 1.54. The highest BCUT2D eigenvalue weighted by molar-refractivity contribution is 5.76. The van der Waals surface area contributed by atoms with Crippen molar-refractivity contribution in [3.05, 3.63) is 48.0 Å². The van der Waals surface area contributed by atoms with E-state index in [0.717, 1.165) is 24.3 Å². The molecule has 116 valence electrons. The van der Waals surface area contributed by atoms with E-state index in [1.165, 1.54) is 12.1 Å². The first-order valence-corrected chi connectivity index (χ1v) is 7.39. The molecule has 0 aliphatic carbocycles. The second-order valence-corrected chi connectivity index (χ2v) is 5.56. The van der Waals surface area contributed by atoms with Crippen LogP contribution in [0.5, 0.6) is 0 Å². The Hall–Kier alpha value is -2.37. The number of nitrogens with zero attached hydrogens (tertiary/aromatic N) is 4. The van der Waals surface area contributed by atoms with Crippen LogP contribution in [0.2, 0.25) is 0 Å². The van der Waals surface area contributed by atoms with Crippen molar-refractivity contribution in [2.45, 2.75) is 13.5 Å². The van der Waals surface area contributed by atoms with Gasteiger partial charge in [0.1, 0.15) is 12.4 Å². The maximum atomic E-state index is 13.0. The fourth-order valence-corrected chi connectivity index (χ4v) is 2.66. The van der Waals surface area contributed by atoms with Gasteiger partial charge in [0.15, 0.2) is 0 Å². The molecule has 1 aliphatic heterocycles. The fraction of sp³-hybridized carbons (Fsp3) is 0.375. The second-order valence-electron chi connectivity index (χ2n) is 5.56. The predicted octanol–water partition coefficient (Wildman–Crippen LogP) is 1.68. The van der Waals surface area contributed by atoms with Gasteiger partial charge in [-0.1, -0.05) is 0 Å². The molecule has 1 amide bonds. The van der Waals surface area contributed by atoms with E-state index < -0.39 is 0 Å². The van der Waals surface area contributed by atoms with Gasteiger partial charge < -0.3 is 9.80 Å². The molecule has 0 saturated carbocycles. The molecule has 1 aromatic carbocycles. The van der Waals surface area contributed by atoms with Crippen molar-refractivity contribution in [1.82, 2.24) is 14.7 Å². The van der Waals surface area contributed by atoms with Crippen molar-refractivity contribution < 1.29 is 9.18 Å². The molecular weight excluding hydrogens is 283 g/mol. The standard InChI is InChI=1S/C16H19FN4O/c1-13-10-18-21(11-13)12-16(22)20-8-6-19(7-9-20)15-4-2-14(17)3-5-15/h2-5,10-11H,6-9,12H2,1H3. The average molecular weight is 302 g/mol. The molecule has 0 spiro atoms. The summed E-state index contributed by atoms with van der Waals surface area (Å²) in [6, 6.07) is 6.48. The van der Waals surface area contributed by atoms with Crippen LogP contribution >= 0.6 is 0 Å². The van der Waals surface area contributed by atoms with Gasteiger partial charge in [0.05, 0.1) is 6.20 Å². The molecule has 0 bridgehead atoms. The molecule has 22 heavy (non-hydrogen) atoms. The molecule has 1 aliphatic rings. The van der Waals surface area contributed by atoms with E-state index >= 15 is 0 Å². The topological polar surface area (TPSA) is 41.4 Å². The van der Waals surface area contributed by atoms with E-state index in [2.05, 4.69) is 10.00 Å². The number of carbonyl (C=O) groups excluding carboxylic acids is 1. The SMILES string of the molecule is Cc1cnn(CC(=O)N2CCN(c3ccc(F)cc3)CC2)c1. The van der Waals surface area contributed by atoms with E-state index in [-0.39, 0.29) is 18.3 Å². The molecule has 2 heterocycles. The van der Waals surface area contributed by atoms with Gasteiger partial charge in [-0.25, -0.2) is 4.39 Å². The number of halogens is 1. The summed E-state index contributed by atoms with van der Waals surface area (Å²) in [6.07, 6.45) is 3.62. The minimum atomic E-state index is -0.230. The Morgan fingerprint density at radius 1 is 1.18 bits per heavy atom. The number of amides is 1. The largest absolute Gasteiger partial charge is 0.368 e. The van der Waals surface area contributed by atoms with Crippen LogP contribution < -0.4 is 4.90 Å². The fourth-order valence-electron chi connectivity index (χ4n) is 2.66. The molecule has 0 unspecified atom stereocenters. The Bertz CT molecular complexity index is 644.